The van der Waals surface area contributed by atoms with Gasteiger partial charge in [-0.1, -0.05) is 50.5 Å². The van der Waals surface area contributed by atoms with Crippen LogP contribution in [0.25, 0.3) is 16.2 Å². The molecule has 112 valence electrons. The van der Waals surface area contributed by atoms with Crippen LogP contribution in [0, 0.1) is 0 Å². The molecule has 2 nitrogen and oxygen atoms in total. The van der Waals surface area contributed by atoms with Crippen LogP contribution in [0.1, 0.15) is 54.3 Å². The highest BCUT2D eigenvalue weighted by molar-refractivity contribution is 7.20. The van der Waals surface area contributed by atoms with Crippen LogP contribution in [0.15, 0.2) is 30.3 Å². The van der Waals surface area contributed by atoms with E-state index in [1.165, 1.54) is 49.7 Å². The average Bonchev–Trinajstić information content (AvgIpc) is 2.94. The maximum Gasteiger partial charge on any atom is 0.348 e. The number of hydrogen-bond donors (Lipinski definition) is 0. The fourth-order valence-corrected chi connectivity index (χ4v) is 3.34. The molecule has 0 atom stereocenters. The Labute approximate surface area is 130 Å². The number of esters is 1. The molecule has 21 heavy (non-hydrogen) atoms. The topological polar surface area (TPSA) is 26.3 Å². The van der Waals surface area contributed by atoms with E-state index in [1.807, 2.05) is 18.2 Å². The summed E-state index contributed by atoms with van der Waals surface area (Å²) in [7, 11) is 1.42. The van der Waals surface area contributed by atoms with Crippen LogP contribution in [0.3, 0.4) is 0 Å². The van der Waals surface area contributed by atoms with Crippen LogP contribution in [-0.2, 0) is 4.74 Å². The van der Waals surface area contributed by atoms with Crippen LogP contribution >= 0.6 is 11.3 Å². The molecule has 3 heteroatoms. The third-order valence-electron chi connectivity index (χ3n) is 3.50. The maximum absolute atomic E-state index is 11.6. The van der Waals surface area contributed by atoms with Crippen LogP contribution in [0.4, 0.5) is 0 Å². The van der Waals surface area contributed by atoms with E-state index in [2.05, 4.69) is 25.1 Å². The third kappa shape index (κ3) is 4.18. The molecule has 1 heterocycles. The van der Waals surface area contributed by atoms with Crippen molar-refractivity contribution in [1.29, 1.82) is 0 Å². The van der Waals surface area contributed by atoms with E-state index in [9.17, 15) is 4.79 Å². The monoisotopic (exact) mass is 302 g/mol. The first-order valence-corrected chi connectivity index (χ1v) is 8.35. The number of benzene rings is 1. The lowest BCUT2D eigenvalue weighted by atomic mass is 10.1. The number of carbonyl (C=O) groups excluding carboxylic acids is 1. The zero-order valence-electron chi connectivity index (χ0n) is 12.7. The van der Waals surface area contributed by atoms with Gasteiger partial charge >= 0.3 is 5.97 Å². The van der Waals surface area contributed by atoms with Gasteiger partial charge in [-0.2, -0.15) is 0 Å². The molecule has 0 radical (unpaired) electrons. The number of allylic oxidation sites excluding steroid dienone is 1. The normalized spacial score (nSPS) is 11.3. The second kappa shape index (κ2) is 7.99. The molecule has 1 aromatic carbocycles. The maximum atomic E-state index is 11.6. The Bertz CT molecular complexity index is 625. The SMILES string of the molecule is CCCCCCC=Cc1cccc2sc(C(=O)OC)cc12. The van der Waals surface area contributed by atoms with Crippen LogP contribution in [-0.4, -0.2) is 13.1 Å². The largest absolute Gasteiger partial charge is 0.465 e. The number of rotatable bonds is 7. The predicted octanol–water partition coefficient (Wildman–Crippen LogP) is 5.67. The zero-order valence-corrected chi connectivity index (χ0v) is 13.5. The molecule has 0 aliphatic heterocycles. The van der Waals surface area contributed by atoms with Gasteiger partial charge in [0.2, 0.25) is 0 Å². The number of ether oxygens (including phenoxy) is 1. The highest BCUT2D eigenvalue weighted by Crippen LogP contribution is 2.29. The summed E-state index contributed by atoms with van der Waals surface area (Å²) in [6, 6.07) is 8.11. The van der Waals surface area contributed by atoms with E-state index >= 15 is 0 Å². The van der Waals surface area contributed by atoms with Crippen LogP contribution in [0.5, 0.6) is 0 Å². The molecule has 1 aromatic heterocycles. The first-order chi connectivity index (χ1) is 10.3. The van der Waals surface area contributed by atoms with Gasteiger partial charge in [0.05, 0.1) is 7.11 Å². The Kier molecular flexibility index (Phi) is 6.00. The number of carbonyl (C=O) groups is 1. The summed E-state index contributed by atoms with van der Waals surface area (Å²) < 4.78 is 5.92. The fraction of sp³-hybridized carbons (Fsp3) is 0.389. The lowest BCUT2D eigenvalue weighted by Gasteiger charge is -1.97. The summed E-state index contributed by atoms with van der Waals surface area (Å²) >= 11 is 1.49. The van der Waals surface area contributed by atoms with Gasteiger partial charge in [0.15, 0.2) is 0 Å². The van der Waals surface area contributed by atoms with E-state index in [-0.39, 0.29) is 5.97 Å². The molecule has 0 amide bonds. The quantitative estimate of drug-likeness (QED) is 0.486. The molecule has 0 unspecified atom stereocenters. The van der Waals surface area contributed by atoms with Gasteiger partial charge in [0, 0.05) is 10.1 Å². The van der Waals surface area contributed by atoms with Gasteiger partial charge in [-0.3, -0.25) is 0 Å². The van der Waals surface area contributed by atoms with Crippen molar-refractivity contribution in [3.8, 4) is 0 Å². The number of unbranched alkanes of at least 4 members (excludes halogenated alkanes) is 4. The highest BCUT2D eigenvalue weighted by Gasteiger charge is 2.11. The molecule has 0 aliphatic rings. The molecule has 0 aliphatic carbocycles. The predicted molar refractivity (Wildman–Crippen MR) is 91.0 cm³/mol. The van der Waals surface area contributed by atoms with Crippen molar-refractivity contribution in [3.63, 3.8) is 0 Å². The standard InChI is InChI=1S/C18H22O2S/c1-3-4-5-6-7-8-10-14-11-9-12-16-15(14)13-17(21-16)18(19)20-2/h8-13H,3-7H2,1-2H3. The minimum Gasteiger partial charge on any atom is -0.465 e. The Balaban J connectivity index is 2.10. The molecular weight excluding hydrogens is 280 g/mol. The molecular formula is C18H22O2S. The molecule has 0 spiro atoms. The van der Waals surface area contributed by atoms with Crippen molar-refractivity contribution in [2.45, 2.75) is 39.0 Å². The Hall–Kier alpha value is -1.61. The lowest BCUT2D eigenvalue weighted by Crippen LogP contribution is -1.96. The summed E-state index contributed by atoms with van der Waals surface area (Å²) in [6.45, 7) is 2.23. The number of hydrogen-bond acceptors (Lipinski definition) is 3. The van der Waals surface area contributed by atoms with E-state index in [1.54, 1.807) is 0 Å². The van der Waals surface area contributed by atoms with Crippen molar-refractivity contribution in [3.05, 3.63) is 40.8 Å². The number of methoxy groups -OCH3 is 1. The van der Waals surface area contributed by atoms with E-state index in [4.69, 9.17) is 4.74 Å². The summed E-state index contributed by atoms with van der Waals surface area (Å²) in [6.07, 6.45) is 10.7. The summed E-state index contributed by atoms with van der Waals surface area (Å²) in [5.41, 5.74) is 1.18. The second-order valence-electron chi connectivity index (χ2n) is 5.11. The van der Waals surface area contributed by atoms with Crippen LogP contribution < -0.4 is 0 Å². The highest BCUT2D eigenvalue weighted by atomic mass is 32.1. The molecule has 0 saturated heterocycles. The van der Waals surface area contributed by atoms with Crippen LogP contribution in [0.2, 0.25) is 0 Å². The first-order valence-electron chi connectivity index (χ1n) is 7.53. The molecule has 0 bridgehead atoms. The number of fused-ring (bicyclic) bond motifs is 1. The van der Waals surface area contributed by atoms with Crippen molar-refractivity contribution < 1.29 is 9.53 Å². The molecule has 2 rings (SSSR count). The van der Waals surface area contributed by atoms with Crippen molar-refractivity contribution in [1.82, 2.24) is 0 Å². The van der Waals surface area contributed by atoms with E-state index in [0.29, 0.717) is 4.88 Å². The van der Waals surface area contributed by atoms with Gasteiger partial charge in [0.1, 0.15) is 4.88 Å². The third-order valence-corrected chi connectivity index (χ3v) is 4.58. The zero-order chi connectivity index (χ0) is 15.1. The first kappa shape index (κ1) is 15.8. The fourth-order valence-electron chi connectivity index (χ4n) is 2.33. The van der Waals surface area contributed by atoms with Gasteiger partial charge < -0.3 is 4.74 Å². The van der Waals surface area contributed by atoms with Crippen molar-refractivity contribution in [2.24, 2.45) is 0 Å². The Morgan fingerprint density at radius 1 is 1.29 bits per heavy atom. The van der Waals surface area contributed by atoms with Crippen molar-refractivity contribution >= 4 is 33.5 Å². The summed E-state index contributed by atoms with van der Waals surface area (Å²) in [4.78, 5) is 12.3. The van der Waals surface area contributed by atoms with Gasteiger partial charge in [-0.05, 0) is 30.5 Å². The smallest absolute Gasteiger partial charge is 0.348 e. The van der Waals surface area contributed by atoms with E-state index in [0.717, 1.165) is 16.5 Å². The summed E-state index contributed by atoms with van der Waals surface area (Å²) in [5, 5.41) is 1.13. The van der Waals surface area contributed by atoms with E-state index < -0.39 is 0 Å². The molecule has 0 saturated carbocycles. The molecule has 0 fully saturated rings. The van der Waals surface area contributed by atoms with Crippen molar-refractivity contribution in [2.75, 3.05) is 7.11 Å². The second-order valence-corrected chi connectivity index (χ2v) is 6.20. The Morgan fingerprint density at radius 2 is 2.14 bits per heavy atom. The minimum absolute atomic E-state index is 0.259. The molecule has 0 N–H and O–H groups in total. The Morgan fingerprint density at radius 3 is 2.90 bits per heavy atom. The molecule has 2 aromatic rings. The van der Waals surface area contributed by atoms with Gasteiger partial charge in [0.25, 0.3) is 0 Å². The minimum atomic E-state index is -0.259. The summed E-state index contributed by atoms with van der Waals surface area (Å²) in [5.74, 6) is -0.259. The van der Waals surface area contributed by atoms with Gasteiger partial charge in [-0.25, -0.2) is 4.79 Å². The average molecular weight is 302 g/mol. The number of thiophene rings is 1. The lowest BCUT2D eigenvalue weighted by molar-refractivity contribution is 0.0606. The van der Waals surface area contributed by atoms with Gasteiger partial charge in [-0.15, -0.1) is 11.3 Å².